The van der Waals surface area contributed by atoms with Gasteiger partial charge in [0.25, 0.3) is 0 Å². The van der Waals surface area contributed by atoms with E-state index in [0.717, 1.165) is 32.4 Å². The molecule has 6 heteroatoms. The Morgan fingerprint density at radius 3 is 2.73 bits per heavy atom. The fourth-order valence-electron chi connectivity index (χ4n) is 2.54. The number of ether oxygens (including phenoxy) is 2. The van der Waals surface area contributed by atoms with Gasteiger partial charge < -0.3 is 24.8 Å². The molecule has 1 rings (SSSR count). The van der Waals surface area contributed by atoms with Gasteiger partial charge in [0.1, 0.15) is 5.60 Å². The molecule has 0 spiro atoms. The van der Waals surface area contributed by atoms with Crippen LogP contribution in [0.4, 0.5) is 4.79 Å². The Balaban J connectivity index is 2.29. The summed E-state index contributed by atoms with van der Waals surface area (Å²) in [6.07, 6.45) is 2.97. The van der Waals surface area contributed by atoms with Crippen LogP contribution in [0.15, 0.2) is 0 Å². The van der Waals surface area contributed by atoms with Gasteiger partial charge in [0.2, 0.25) is 0 Å². The summed E-state index contributed by atoms with van der Waals surface area (Å²) in [7, 11) is 1.59. The van der Waals surface area contributed by atoms with Gasteiger partial charge in [-0.2, -0.15) is 0 Å². The van der Waals surface area contributed by atoms with E-state index in [1.54, 1.807) is 12.0 Å². The number of aliphatic hydroxyl groups is 1. The maximum absolute atomic E-state index is 12.1. The Morgan fingerprint density at radius 2 is 2.09 bits per heavy atom. The van der Waals surface area contributed by atoms with E-state index in [4.69, 9.17) is 9.47 Å². The normalized spacial score (nSPS) is 21.3. The predicted octanol–water partition coefficient (Wildman–Crippen LogP) is 1.76. The van der Waals surface area contributed by atoms with Crippen molar-refractivity contribution in [3.8, 4) is 0 Å². The van der Waals surface area contributed by atoms with E-state index in [-0.39, 0.29) is 6.09 Å². The Morgan fingerprint density at radius 1 is 1.36 bits per heavy atom. The average Bonchev–Trinajstić information content (AvgIpc) is 2.63. The number of nitrogens with one attached hydrogen (secondary N) is 1. The van der Waals surface area contributed by atoms with Crippen LogP contribution in [0.1, 0.15) is 46.5 Å². The number of methoxy groups -OCH3 is 1. The molecule has 0 aliphatic carbocycles. The van der Waals surface area contributed by atoms with E-state index in [9.17, 15) is 9.90 Å². The van der Waals surface area contributed by atoms with Gasteiger partial charge in [-0.05, 0) is 53.0 Å². The monoisotopic (exact) mass is 316 g/mol. The minimum absolute atomic E-state index is 0.219. The van der Waals surface area contributed by atoms with Crippen molar-refractivity contribution in [3.05, 3.63) is 0 Å². The Bertz CT molecular complexity index is 331. The third-order valence-electron chi connectivity index (χ3n) is 3.65. The topological polar surface area (TPSA) is 71.0 Å². The van der Waals surface area contributed by atoms with Gasteiger partial charge in [0.05, 0.1) is 12.7 Å². The molecular weight excluding hydrogens is 284 g/mol. The number of carbonyl (C=O) groups is 1. The standard InChI is InChI=1S/C16H32N2O4/c1-16(2,3)22-15(20)18-10-5-6-13(8-11-18)17-9-7-14(19)12-21-4/h13-14,17,19H,5-12H2,1-4H3. The highest BCUT2D eigenvalue weighted by atomic mass is 16.6. The van der Waals surface area contributed by atoms with Gasteiger partial charge in [-0.15, -0.1) is 0 Å². The lowest BCUT2D eigenvalue weighted by molar-refractivity contribution is 0.0256. The lowest BCUT2D eigenvalue weighted by Crippen LogP contribution is -2.38. The summed E-state index contributed by atoms with van der Waals surface area (Å²) in [6.45, 7) is 8.27. The zero-order valence-corrected chi connectivity index (χ0v) is 14.4. The maximum atomic E-state index is 12.1. The first-order chi connectivity index (χ1) is 10.3. The SMILES string of the molecule is COCC(O)CCNC1CCCN(C(=O)OC(C)(C)C)CC1. The van der Waals surface area contributed by atoms with E-state index < -0.39 is 11.7 Å². The van der Waals surface area contributed by atoms with Crippen LogP contribution in [0.3, 0.4) is 0 Å². The van der Waals surface area contributed by atoms with Crippen LogP contribution in [-0.4, -0.2) is 67.2 Å². The highest BCUT2D eigenvalue weighted by Gasteiger charge is 2.25. The molecule has 2 atom stereocenters. The van der Waals surface area contributed by atoms with Crippen molar-refractivity contribution in [2.24, 2.45) is 0 Å². The lowest BCUT2D eigenvalue weighted by atomic mass is 10.1. The predicted molar refractivity (Wildman–Crippen MR) is 85.9 cm³/mol. The van der Waals surface area contributed by atoms with Crippen molar-refractivity contribution in [2.45, 2.75) is 64.2 Å². The Labute approximate surface area is 134 Å². The first-order valence-corrected chi connectivity index (χ1v) is 8.20. The van der Waals surface area contributed by atoms with E-state index >= 15 is 0 Å². The van der Waals surface area contributed by atoms with Crippen LogP contribution in [0.2, 0.25) is 0 Å². The van der Waals surface area contributed by atoms with Crippen LogP contribution in [0.25, 0.3) is 0 Å². The maximum Gasteiger partial charge on any atom is 0.410 e. The van der Waals surface area contributed by atoms with Gasteiger partial charge in [0.15, 0.2) is 0 Å². The number of likely N-dealkylation sites (tertiary alicyclic amines) is 1. The van der Waals surface area contributed by atoms with Crippen molar-refractivity contribution in [2.75, 3.05) is 33.4 Å². The highest BCUT2D eigenvalue weighted by Crippen LogP contribution is 2.15. The summed E-state index contributed by atoms with van der Waals surface area (Å²) in [5.74, 6) is 0. The van der Waals surface area contributed by atoms with Gasteiger partial charge in [-0.3, -0.25) is 0 Å². The average molecular weight is 316 g/mol. The molecule has 22 heavy (non-hydrogen) atoms. The molecule has 130 valence electrons. The van der Waals surface area contributed by atoms with Crippen LogP contribution < -0.4 is 5.32 Å². The van der Waals surface area contributed by atoms with Crippen molar-refractivity contribution in [3.63, 3.8) is 0 Å². The molecule has 0 bridgehead atoms. The zero-order valence-electron chi connectivity index (χ0n) is 14.4. The fraction of sp³-hybridized carbons (Fsp3) is 0.938. The van der Waals surface area contributed by atoms with Crippen LogP contribution in [0, 0.1) is 0 Å². The largest absolute Gasteiger partial charge is 0.444 e. The molecule has 0 saturated carbocycles. The molecule has 1 aliphatic heterocycles. The molecule has 1 heterocycles. The second-order valence-electron chi connectivity index (χ2n) is 6.95. The molecule has 0 aromatic carbocycles. The van der Waals surface area contributed by atoms with E-state index in [1.165, 1.54) is 0 Å². The fourth-order valence-corrected chi connectivity index (χ4v) is 2.54. The van der Waals surface area contributed by atoms with Crippen LogP contribution in [0.5, 0.6) is 0 Å². The van der Waals surface area contributed by atoms with Gasteiger partial charge in [-0.25, -0.2) is 4.79 Å². The summed E-state index contributed by atoms with van der Waals surface area (Å²) < 4.78 is 10.3. The molecule has 0 aromatic rings. The van der Waals surface area contributed by atoms with E-state index in [0.29, 0.717) is 25.6 Å². The molecule has 1 fully saturated rings. The first-order valence-electron chi connectivity index (χ1n) is 8.20. The lowest BCUT2D eigenvalue weighted by Gasteiger charge is -2.26. The minimum atomic E-state index is -0.446. The van der Waals surface area contributed by atoms with Crippen molar-refractivity contribution in [1.29, 1.82) is 0 Å². The number of amides is 1. The number of carbonyl (C=O) groups excluding carboxylic acids is 1. The number of aliphatic hydroxyl groups excluding tert-OH is 1. The summed E-state index contributed by atoms with van der Waals surface area (Å²) in [4.78, 5) is 13.9. The molecule has 6 nitrogen and oxygen atoms in total. The summed E-state index contributed by atoms with van der Waals surface area (Å²) in [6, 6.07) is 0.391. The first kappa shape index (κ1) is 19.2. The number of rotatable bonds is 6. The molecular formula is C16H32N2O4. The molecule has 0 radical (unpaired) electrons. The Kier molecular flexibility index (Phi) is 8.14. The minimum Gasteiger partial charge on any atom is -0.444 e. The quantitative estimate of drug-likeness (QED) is 0.781. The molecule has 2 unspecified atom stereocenters. The van der Waals surface area contributed by atoms with E-state index in [2.05, 4.69) is 5.32 Å². The van der Waals surface area contributed by atoms with Gasteiger partial charge in [0, 0.05) is 26.2 Å². The van der Waals surface area contributed by atoms with E-state index in [1.807, 2.05) is 20.8 Å². The zero-order chi connectivity index (χ0) is 16.6. The molecule has 1 aliphatic rings. The van der Waals surface area contributed by atoms with Crippen molar-refractivity contribution < 1.29 is 19.4 Å². The second-order valence-corrected chi connectivity index (χ2v) is 6.95. The van der Waals surface area contributed by atoms with Gasteiger partial charge in [-0.1, -0.05) is 0 Å². The molecule has 2 N–H and O–H groups in total. The third-order valence-corrected chi connectivity index (χ3v) is 3.65. The summed E-state index contributed by atoms with van der Waals surface area (Å²) in [5.41, 5.74) is -0.446. The highest BCUT2D eigenvalue weighted by molar-refractivity contribution is 5.68. The Hall–Kier alpha value is -0.850. The second kappa shape index (κ2) is 9.33. The molecule has 1 amide bonds. The van der Waals surface area contributed by atoms with Crippen LogP contribution >= 0.6 is 0 Å². The summed E-state index contributed by atoms with van der Waals surface area (Å²) >= 11 is 0. The van der Waals surface area contributed by atoms with Crippen molar-refractivity contribution >= 4 is 6.09 Å². The molecule has 0 aromatic heterocycles. The number of hydrogen-bond acceptors (Lipinski definition) is 5. The molecule has 1 saturated heterocycles. The summed E-state index contributed by atoms with van der Waals surface area (Å²) in [5, 5.41) is 13.1. The smallest absolute Gasteiger partial charge is 0.410 e. The van der Waals surface area contributed by atoms with Gasteiger partial charge >= 0.3 is 6.09 Å². The third kappa shape index (κ3) is 7.96. The number of nitrogens with zero attached hydrogens (tertiary/aromatic N) is 1. The van der Waals surface area contributed by atoms with Crippen molar-refractivity contribution in [1.82, 2.24) is 10.2 Å². The van der Waals surface area contributed by atoms with Crippen LogP contribution in [-0.2, 0) is 9.47 Å². The number of hydrogen-bond donors (Lipinski definition) is 2.